The van der Waals surface area contributed by atoms with Crippen LogP contribution in [0.25, 0.3) is 0 Å². The summed E-state index contributed by atoms with van der Waals surface area (Å²) in [5, 5.41) is 0. The number of ether oxygens (including phenoxy) is 2. The maximum Gasteiger partial charge on any atom is 0.699 e. The molecule has 0 N–H and O–H groups in total. The Kier molecular flexibility index (Phi) is 9.71. The van der Waals surface area contributed by atoms with Gasteiger partial charge < -0.3 is 9.47 Å². The van der Waals surface area contributed by atoms with Crippen LogP contribution in [0.4, 0.5) is 0 Å². The highest BCUT2D eigenvalue weighted by atomic mass is 31.1. The van der Waals surface area contributed by atoms with Crippen molar-refractivity contribution in [3.05, 3.63) is 59.7 Å². The van der Waals surface area contributed by atoms with E-state index in [1.165, 1.54) is 0 Å². The summed E-state index contributed by atoms with van der Waals surface area (Å²) in [4.78, 5) is 0. The van der Waals surface area contributed by atoms with E-state index in [1.807, 2.05) is 48.5 Å². The van der Waals surface area contributed by atoms with Crippen LogP contribution in [-0.4, -0.2) is 14.2 Å². The lowest BCUT2D eigenvalue weighted by molar-refractivity contribution is -0.0747. The second-order valence-electron chi connectivity index (χ2n) is 10.1. The quantitative estimate of drug-likeness (QED) is 0.282. The van der Waals surface area contributed by atoms with Crippen molar-refractivity contribution < 1.29 is 23.1 Å². The first-order chi connectivity index (χ1) is 15.9. The molecule has 2 aromatic rings. The fourth-order valence-corrected chi connectivity index (χ4v) is 6.75. The molecule has 2 aromatic carbocycles. The summed E-state index contributed by atoms with van der Waals surface area (Å²) in [5.74, 6) is 1.75. The Morgan fingerprint density at radius 1 is 0.559 bits per heavy atom. The average molecular weight is 490 g/mol. The molecule has 0 radical (unpaired) electrons. The Bertz CT molecular complexity index is 825. The predicted octanol–water partition coefficient (Wildman–Crippen LogP) is 8.11. The zero-order valence-corrected chi connectivity index (χ0v) is 23.3. The van der Waals surface area contributed by atoms with E-state index in [9.17, 15) is 4.57 Å². The standard InChI is InChI=1S/C28H42O5P/c1-19(2)27(20(3)4,23-11-15-25(30-9)16-12-23)32-34(29)33-28(21(5)6,22(7)8)24-13-17-26(31-10)18-14-24/h11-22H,1-10H3/q+1. The van der Waals surface area contributed by atoms with Gasteiger partial charge in [-0.3, -0.25) is 0 Å². The van der Waals surface area contributed by atoms with Crippen molar-refractivity contribution in [2.75, 3.05) is 14.2 Å². The fourth-order valence-electron chi connectivity index (χ4n) is 5.16. The van der Waals surface area contributed by atoms with Crippen LogP contribution in [0.5, 0.6) is 11.5 Å². The molecule has 188 valence electrons. The minimum Gasteiger partial charge on any atom is -0.497 e. The van der Waals surface area contributed by atoms with Crippen molar-refractivity contribution in [3.8, 4) is 11.5 Å². The summed E-state index contributed by atoms with van der Waals surface area (Å²) in [6.45, 7) is 16.7. The molecule has 2 rings (SSSR count). The van der Waals surface area contributed by atoms with Gasteiger partial charge in [0.1, 0.15) is 11.5 Å². The van der Waals surface area contributed by atoms with Gasteiger partial charge in [0.15, 0.2) is 11.2 Å². The van der Waals surface area contributed by atoms with Crippen molar-refractivity contribution in [1.82, 2.24) is 0 Å². The van der Waals surface area contributed by atoms with E-state index in [4.69, 9.17) is 18.5 Å². The molecular weight excluding hydrogens is 447 g/mol. The van der Waals surface area contributed by atoms with Gasteiger partial charge in [-0.25, -0.2) is 0 Å². The first-order valence-corrected chi connectivity index (χ1v) is 13.2. The summed E-state index contributed by atoms with van der Waals surface area (Å²) in [6.07, 6.45) is 0. The summed E-state index contributed by atoms with van der Waals surface area (Å²) in [6, 6.07) is 15.6. The maximum absolute atomic E-state index is 13.7. The molecule has 6 heteroatoms. The predicted molar refractivity (Wildman–Crippen MR) is 138 cm³/mol. The lowest BCUT2D eigenvalue weighted by atomic mass is 9.75. The van der Waals surface area contributed by atoms with Crippen molar-refractivity contribution in [3.63, 3.8) is 0 Å². The van der Waals surface area contributed by atoms with E-state index in [1.54, 1.807) is 14.2 Å². The van der Waals surface area contributed by atoms with Gasteiger partial charge in [-0.1, -0.05) is 79.7 Å². The van der Waals surface area contributed by atoms with Crippen LogP contribution in [0.2, 0.25) is 0 Å². The van der Waals surface area contributed by atoms with E-state index in [0.29, 0.717) is 0 Å². The largest absolute Gasteiger partial charge is 0.699 e. The first kappa shape index (κ1) is 28.3. The van der Waals surface area contributed by atoms with Crippen LogP contribution in [0.3, 0.4) is 0 Å². The van der Waals surface area contributed by atoms with Crippen molar-refractivity contribution in [1.29, 1.82) is 0 Å². The molecule has 0 aliphatic heterocycles. The highest BCUT2D eigenvalue weighted by Crippen LogP contribution is 2.53. The molecule has 0 saturated carbocycles. The highest BCUT2D eigenvalue weighted by molar-refractivity contribution is 7.33. The van der Waals surface area contributed by atoms with Crippen LogP contribution in [0.1, 0.15) is 66.5 Å². The van der Waals surface area contributed by atoms with Crippen LogP contribution in [0.15, 0.2) is 48.5 Å². The minimum absolute atomic E-state index is 0.0527. The molecule has 0 unspecified atom stereocenters. The molecule has 0 aliphatic rings. The summed E-state index contributed by atoms with van der Waals surface area (Å²) < 4.78 is 37.3. The second kappa shape index (κ2) is 11.7. The van der Waals surface area contributed by atoms with Crippen LogP contribution >= 0.6 is 8.25 Å². The topological polar surface area (TPSA) is 54.0 Å². The molecule has 0 aromatic heterocycles. The number of hydrogen-bond acceptors (Lipinski definition) is 5. The van der Waals surface area contributed by atoms with Gasteiger partial charge >= 0.3 is 8.25 Å². The van der Waals surface area contributed by atoms with Gasteiger partial charge in [0.2, 0.25) is 0 Å². The van der Waals surface area contributed by atoms with E-state index in [0.717, 1.165) is 22.6 Å². The number of hydrogen-bond donors (Lipinski definition) is 0. The Morgan fingerprint density at radius 3 is 1.03 bits per heavy atom. The normalized spacial score (nSPS) is 12.6. The van der Waals surface area contributed by atoms with E-state index >= 15 is 0 Å². The molecule has 5 nitrogen and oxygen atoms in total. The third-order valence-corrected chi connectivity index (χ3v) is 7.87. The van der Waals surface area contributed by atoms with E-state index in [2.05, 4.69) is 55.4 Å². The van der Waals surface area contributed by atoms with Crippen LogP contribution < -0.4 is 9.47 Å². The lowest BCUT2D eigenvalue weighted by Gasteiger charge is -2.38. The Labute approximate surface area is 207 Å². The average Bonchev–Trinajstić information content (AvgIpc) is 2.80. The van der Waals surface area contributed by atoms with Gasteiger partial charge in [-0.15, -0.1) is 9.05 Å². The molecule has 0 aliphatic carbocycles. The third-order valence-electron chi connectivity index (χ3n) is 6.96. The van der Waals surface area contributed by atoms with Gasteiger partial charge in [0.25, 0.3) is 0 Å². The molecule has 0 atom stereocenters. The molecule has 0 bridgehead atoms. The fraction of sp³-hybridized carbons (Fsp3) is 0.571. The van der Waals surface area contributed by atoms with Crippen molar-refractivity contribution >= 4 is 8.25 Å². The number of benzene rings is 2. The molecular formula is C28H42O5P+. The van der Waals surface area contributed by atoms with E-state index in [-0.39, 0.29) is 23.7 Å². The molecule has 0 saturated heterocycles. The van der Waals surface area contributed by atoms with E-state index < -0.39 is 19.5 Å². The van der Waals surface area contributed by atoms with Gasteiger partial charge in [0.05, 0.1) is 14.2 Å². The molecule has 0 amide bonds. The second-order valence-corrected chi connectivity index (χ2v) is 10.9. The Balaban J connectivity index is 2.51. The number of rotatable bonds is 12. The highest BCUT2D eigenvalue weighted by Gasteiger charge is 2.54. The smallest absolute Gasteiger partial charge is 0.497 e. The van der Waals surface area contributed by atoms with Crippen molar-refractivity contribution in [2.24, 2.45) is 23.7 Å². The summed E-state index contributed by atoms with van der Waals surface area (Å²) >= 11 is 0. The number of methoxy groups -OCH3 is 2. The minimum atomic E-state index is -2.47. The van der Waals surface area contributed by atoms with Gasteiger partial charge in [-0.2, -0.15) is 0 Å². The monoisotopic (exact) mass is 489 g/mol. The lowest BCUT2D eigenvalue weighted by Crippen LogP contribution is -2.42. The van der Waals surface area contributed by atoms with Crippen LogP contribution in [0, 0.1) is 23.7 Å². The van der Waals surface area contributed by atoms with Crippen molar-refractivity contribution in [2.45, 2.75) is 66.6 Å². The molecule has 34 heavy (non-hydrogen) atoms. The Morgan fingerprint density at radius 2 is 0.824 bits per heavy atom. The SMILES string of the molecule is COc1ccc(C(O[P+](=O)OC(c2ccc(OC)cc2)(C(C)C)C(C)C)(C(C)C)C(C)C)cc1. The summed E-state index contributed by atoms with van der Waals surface area (Å²) in [5.41, 5.74) is 0.322. The maximum atomic E-state index is 13.7. The molecule has 0 fully saturated rings. The zero-order valence-electron chi connectivity index (χ0n) is 22.4. The first-order valence-electron chi connectivity index (χ1n) is 12.1. The molecule has 0 heterocycles. The van der Waals surface area contributed by atoms with Crippen LogP contribution in [-0.2, 0) is 24.8 Å². The summed E-state index contributed by atoms with van der Waals surface area (Å²) in [7, 11) is 0.819. The zero-order chi connectivity index (χ0) is 25.7. The Hall–Kier alpha value is -1.94. The third kappa shape index (κ3) is 5.48. The molecule has 0 spiro atoms. The van der Waals surface area contributed by atoms with Gasteiger partial charge in [-0.05, 0) is 59.1 Å². The van der Waals surface area contributed by atoms with Gasteiger partial charge in [0, 0.05) is 4.57 Å².